The van der Waals surface area contributed by atoms with Gasteiger partial charge in [0.1, 0.15) is 0 Å². The van der Waals surface area contributed by atoms with Gasteiger partial charge in [-0.15, -0.1) is 0 Å². The molecule has 1 unspecified atom stereocenters. The van der Waals surface area contributed by atoms with E-state index in [1.165, 1.54) is 0 Å². The van der Waals surface area contributed by atoms with E-state index in [4.69, 9.17) is 11.6 Å². The highest BCUT2D eigenvalue weighted by atomic mass is 79.9. The summed E-state index contributed by atoms with van der Waals surface area (Å²) in [6.45, 7) is 0. The molecule has 1 fully saturated rings. The molecule has 1 aliphatic carbocycles. The van der Waals surface area contributed by atoms with E-state index in [0.717, 1.165) is 36.6 Å². The van der Waals surface area contributed by atoms with Gasteiger partial charge >= 0.3 is 0 Å². The number of halogens is 2. The lowest BCUT2D eigenvalue weighted by Crippen LogP contribution is -2.30. The van der Waals surface area contributed by atoms with Crippen LogP contribution in [0.1, 0.15) is 43.8 Å². The molecule has 0 spiro atoms. The molecule has 2 nitrogen and oxygen atoms in total. The third kappa shape index (κ3) is 2.56. The van der Waals surface area contributed by atoms with Crippen LogP contribution in [0.2, 0.25) is 5.02 Å². The van der Waals surface area contributed by atoms with Crippen LogP contribution in [-0.4, -0.2) is 5.11 Å². The molecule has 0 radical (unpaired) electrons. The molecule has 1 saturated carbocycles. The Morgan fingerprint density at radius 2 is 2.00 bits per heavy atom. The molecule has 1 aromatic carbocycles. The molecule has 1 N–H and O–H groups in total. The van der Waals surface area contributed by atoms with E-state index in [0.29, 0.717) is 10.6 Å². The van der Waals surface area contributed by atoms with Crippen LogP contribution in [0.5, 0.6) is 0 Å². The minimum atomic E-state index is -0.802. The van der Waals surface area contributed by atoms with Gasteiger partial charge in [-0.05, 0) is 25.0 Å². The van der Waals surface area contributed by atoms with Crippen molar-refractivity contribution in [1.82, 2.24) is 0 Å². The van der Waals surface area contributed by atoms with Crippen molar-refractivity contribution in [2.45, 2.75) is 38.2 Å². The van der Waals surface area contributed by atoms with Gasteiger partial charge in [0, 0.05) is 15.1 Å². The average molecular weight is 329 g/mol. The maximum atomic E-state index is 10.5. The Balaban J connectivity index is 2.34. The van der Waals surface area contributed by atoms with Gasteiger partial charge in [0.25, 0.3) is 0 Å². The Morgan fingerprint density at radius 3 is 2.56 bits per heavy atom. The fourth-order valence-corrected chi connectivity index (χ4v) is 3.43. The standard InChI is InChI=1S/C14H15BrClNO/c15-10-4-5-11(12(16)8-10)13(18)14(9-17)6-2-1-3-7-14/h4-5,8,13,18H,1-3,6-7H2. The third-order valence-electron chi connectivity index (χ3n) is 3.75. The Morgan fingerprint density at radius 1 is 1.33 bits per heavy atom. The predicted octanol–water partition coefficient (Wildman–Crippen LogP) is 4.61. The molecule has 4 heteroatoms. The molecule has 0 saturated heterocycles. The van der Waals surface area contributed by atoms with Crippen LogP contribution in [0.25, 0.3) is 0 Å². The Labute approximate surface area is 121 Å². The summed E-state index contributed by atoms with van der Waals surface area (Å²) < 4.78 is 0.873. The number of benzene rings is 1. The smallest absolute Gasteiger partial charge is 0.0990 e. The molecule has 1 atom stereocenters. The second kappa shape index (κ2) is 5.61. The van der Waals surface area contributed by atoms with Gasteiger partial charge in [-0.3, -0.25) is 0 Å². The Kier molecular flexibility index (Phi) is 4.32. The zero-order valence-electron chi connectivity index (χ0n) is 10.00. The van der Waals surface area contributed by atoms with E-state index in [-0.39, 0.29) is 0 Å². The lowest BCUT2D eigenvalue weighted by atomic mass is 9.69. The van der Waals surface area contributed by atoms with E-state index < -0.39 is 11.5 Å². The molecule has 0 heterocycles. The van der Waals surface area contributed by atoms with Crippen LogP contribution in [0.3, 0.4) is 0 Å². The van der Waals surface area contributed by atoms with Crippen molar-refractivity contribution in [2.75, 3.05) is 0 Å². The first-order valence-electron chi connectivity index (χ1n) is 6.13. The summed E-state index contributed by atoms with van der Waals surface area (Å²) >= 11 is 9.50. The molecule has 0 bridgehead atoms. The van der Waals surface area contributed by atoms with Gasteiger partial charge in [-0.2, -0.15) is 5.26 Å². The highest BCUT2D eigenvalue weighted by Gasteiger charge is 2.40. The molecule has 0 aliphatic heterocycles. The molecule has 1 aromatic rings. The molecular weight excluding hydrogens is 314 g/mol. The quantitative estimate of drug-likeness (QED) is 0.861. The topological polar surface area (TPSA) is 44.0 Å². The van der Waals surface area contributed by atoms with E-state index >= 15 is 0 Å². The average Bonchev–Trinajstić information content (AvgIpc) is 2.39. The van der Waals surface area contributed by atoms with Crippen molar-refractivity contribution in [3.05, 3.63) is 33.3 Å². The van der Waals surface area contributed by atoms with Crippen LogP contribution >= 0.6 is 27.5 Å². The molecule has 96 valence electrons. The summed E-state index contributed by atoms with van der Waals surface area (Å²) in [5.41, 5.74) is -0.0151. The number of nitrogens with zero attached hydrogens (tertiary/aromatic N) is 1. The summed E-state index contributed by atoms with van der Waals surface area (Å²) in [5, 5.41) is 20.5. The minimum Gasteiger partial charge on any atom is -0.387 e. The van der Waals surface area contributed by atoms with Crippen LogP contribution in [0, 0.1) is 16.7 Å². The second-order valence-electron chi connectivity index (χ2n) is 4.90. The van der Waals surface area contributed by atoms with Crippen LogP contribution in [0.15, 0.2) is 22.7 Å². The summed E-state index contributed by atoms with van der Waals surface area (Å²) in [7, 11) is 0. The Bertz CT molecular complexity index is 477. The Hall–Kier alpha value is -0.560. The maximum Gasteiger partial charge on any atom is 0.0990 e. The molecule has 2 rings (SSSR count). The first kappa shape index (κ1) is 13.9. The highest BCUT2D eigenvalue weighted by molar-refractivity contribution is 9.10. The van der Waals surface area contributed by atoms with Crippen LogP contribution in [-0.2, 0) is 0 Å². The van der Waals surface area contributed by atoms with E-state index in [1.54, 1.807) is 12.1 Å². The van der Waals surface area contributed by atoms with Gasteiger partial charge < -0.3 is 5.11 Å². The van der Waals surface area contributed by atoms with Crippen molar-refractivity contribution in [3.8, 4) is 6.07 Å². The highest BCUT2D eigenvalue weighted by Crippen LogP contribution is 2.47. The lowest BCUT2D eigenvalue weighted by molar-refractivity contribution is 0.0360. The SMILES string of the molecule is N#CC1(C(O)c2ccc(Br)cc2Cl)CCCCC1. The van der Waals surface area contributed by atoms with Crippen LogP contribution < -0.4 is 0 Å². The van der Waals surface area contributed by atoms with Crippen molar-refractivity contribution in [1.29, 1.82) is 5.26 Å². The molecule has 0 aromatic heterocycles. The van der Waals surface area contributed by atoms with Gasteiger partial charge in [0.2, 0.25) is 0 Å². The first-order valence-corrected chi connectivity index (χ1v) is 7.30. The number of nitriles is 1. The van der Waals surface area contributed by atoms with E-state index in [2.05, 4.69) is 22.0 Å². The van der Waals surface area contributed by atoms with E-state index in [9.17, 15) is 10.4 Å². The molecule has 1 aliphatic rings. The molecule has 0 amide bonds. The van der Waals surface area contributed by atoms with Gasteiger partial charge in [0.05, 0.1) is 17.6 Å². The van der Waals surface area contributed by atoms with Crippen molar-refractivity contribution in [2.24, 2.45) is 5.41 Å². The van der Waals surface area contributed by atoms with E-state index in [1.807, 2.05) is 6.07 Å². The summed E-state index contributed by atoms with van der Waals surface area (Å²) in [6.07, 6.45) is 3.83. The van der Waals surface area contributed by atoms with Crippen molar-refractivity contribution < 1.29 is 5.11 Å². The molecule has 18 heavy (non-hydrogen) atoms. The number of aliphatic hydroxyl groups is 1. The number of rotatable bonds is 2. The van der Waals surface area contributed by atoms with Gasteiger partial charge in [0.15, 0.2) is 0 Å². The monoisotopic (exact) mass is 327 g/mol. The lowest BCUT2D eigenvalue weighted by Gasteiger charge is -2.35. The number of hydrogen-bond acceptors (Lipinski definition) is 2. The minimum absolute atomic E-state index is 0.511. The fourth-order valence-electron chi connectivity index (χ4n) is 2.65. The number of hydrogen-bond donors (Lipinski definition) is 1. The second-order valence-corrected chi connectivity index (χ2v) is 6.22. The molecular formula is C14H15BrClNO. The zero-order valence-corrected chi connectivity index (χ0v) is 12.3. The van der Waals surface area contributed by atoms with Crippen molar-refractivity contribution in [3.63, 3.8) is 0 Å². The summed E-state index contributed by atoms with van der Waals surface area (Å²) in [5.74, 6) is 0. The summed E-state index contributed by atoms with van der Waals surface area (Å²) in [6, 6.07) is 7.74. The summed E-state index contributed by atoms with van der Waals surface area (Å²) in [4.78, 5) is 0. The normalized spacial score (nSPS) is 20.1. The third-order valence-corrected chi connectivity index (χ3v) is 4.57. The fraction of sp³-hybridized carbons (Fsp3) is 0.500. The van der Waals surface area contributed by atoms with Crippen molar-refractivity contribution >= 4 is 27.5 Å². The maximum absolute atomic E-state index is 10.5. The predicted molar refractivity (Wildman–Crippen MR) is 75.2 cm³/mol. The number of aliphatic hydroxyl groups excluding tert-OH is 1. The van der Waals surface area contributed by atoms with Gasteiger partial charge in [-0.25, -0.2) is 0 Å². The first-order chi connectivity index (χ1) is 8.59. The zero-order chi connectivity index (χ0) is 13.2. The van der Waals surface area contributed by atoms with Crippen LogP contribution in [0.4, 0.5) is 0 Å². The largest absolute Gasteiger partial charge is 0.387 e. The van der Waals surface area contributed by atoms with Gasteiger partial charge in [-0.1, -0.05) is 52.9 Å².